The summed E-state index contributed by atoms with van der Waals surface area (Å²) in [5.41, 5.74) is 0.455. The highest BCUT2D eigenvalue weighted by atomic mass is 32.2. The maximum Gasteiger partial charge on any atom is 0.228 e. The van der Waals surface area contributed by atoms with Crippen molar-refractivity contribution >= 4 is 34.1 Å². The zero-order valence-electron chi connectivity index (χ0n) is 9.33. The van der Waals surface area contributed by atoms with Crippen molar-refractivity contribution in [2.75, 3.05) is 17.7 Å². The third kappa shape index (κ3) is 2.47. The molecule has 0 aliphatic carbocycles. The molecule has 17 heavy (non-hydrogen) atoms. The van der Waals surface area contributed by atoms with Crippen LogP contribution >= 0.6 is 12.6 Å². The monoisotopic (exact) mass is 271 g/mol. The third-order valence-electron chi connectivity index (χ3n) is 2.66. The first kappa shape index (κ1) is 12.4. The average molecular weight is 271 g/mol. The molecule has 1 aromatic carbocycles. The number of sulfone groups is 1. The molecule has 0 spiro atoms. The molecule has 0 N–H and O–H groups in total. The van der Waals surface area contributed by atoms with Crippen LogP contribution in [-0.4, -0.2) is 32.4 Å². The Bertz CT molecular complexity index is 554. The van der Waals surface area contributed by atoms with E-state index in [-0.39, 0.29) is 16.1 Å². The lowest BCUT2D eigenvalue weighted by molar-refractivity contribution is -0.117. The summed E-state index contributed by atoms with van der Waals surface area (Å²) in [7, 11) is -3.33. The van der Waals surface area contributed by atoms with Crippen LogP contribution in [0, 0.1) is 0 Å². The van der Waals surface area contributed by atoms with E-state index in [2.05, 4.69) is 12.6 Å². The van der Waals surface area contributed by atoms with Crippen LogP contribution < -0.4 is 4.90 Å². The van der Waals surface area contributed by atoms with Gasteiger partial charge in [0.1, 0.15) is 0 Å². The Balaban J connectivity index is 2.50. The van der Waals surface area contributed by atoms with Gasteiger partial charge in [0.25, 0.3) is 0 Å². The van der Waals surface area contributed by atoms with Crippen LogP contribution in [0.5, 0.6) is 0 Å². The van der Waals surface area contributed by atoms with E-state index in [1.165, 1.54) is 11.0 Å². The lowest BCUT2D eigenvalue weighted by atomic mass is 10.3. The molecule has 0 saturated carbocycles. The molecule has 1 saturated heterocycles. The van der Waals surface area contributed by atoms with Gasteiger partial charge < -0.3 is 4.90 Å². The Morgan fingerprint density at radius 2 is 2.00 bits per heavy atom. The number of hydrogen-bond donors (Lipinski definition) is 1. The van der Waals surface area contributed by atoms with Gasteiger partial charge in [-0.1, -0.05) is 12.1 Å². The first-order valence-electron chi connectivity index (χ1n) is 5.17. The zero-order valence-corrected chi connectivity index (χ0v) is 11.0. The first-order chi connectivity index (χ1) is 7.89. The number of anilines is 1. The normalized spacial score (nSPS) is 20.9. The van der Waals surface area contributed by atoms with Crippen LogP contribution in [0.4, 0.5) is 5.69 Å². The summed E-state index contributed by atoms with van der Waals surface area (Å²) in [4.78, 5) is 13.4. The van der Waals surface area contributed by atoms with Crippen molar-refractivity contribution in [2.24, 2.45) is 0 Å². The van der Waals surface area contributed by atoms with Crippen LogP contribution in [0.3, 0.4) is 0 Å². The number of hydrogen-bond acceptors (Lipinski definition) is 4. The van der Waals surface area contributed by atoms with Gasteiger partial charge in [-0.2, -0.15) is 12.6 Å². The predicted octanol–water partition coefficient (Wildman–Crippen LogP) is 1.13. The Morgan fingerprint density at radius 3 is 2.53 bits per heavy atom. The molecule has 6 heteroatoms. The highest BCUT2D eigenvalue weighted by Gasteiger charge is 2.31. The van der Waals surface area contributed by atoms with E-state index in [9.17, 15) is 13.2 Å². The minimum atomic E-state index is -3.33. The molecule has 92 valence electrons. The van der Waals surface area contributed by atoms with Crippen molar-refractivity contribution in [2.45, 2.75) is 16.6 Å². The zero-order chi connectivity index (χ0) is 12.6. The number of carbonyl (C=O) groups is 1. The molecule has 2 rings (SSSR count). The fraction of sp³-hybridized carbons (Fsp3) is 0.364. The second kappa shape index (κ2) is 4.34. The molecule has 1 aliphatic rings. The van der Waals surface area contributed by atoms with Gasteiger partial charge in [-0.15, -0.1) is 0 Å². The molecule has 1 heterocycles. The minimum absolute atomic E-state index is 0.0323. The lowest BCUT2D eigenvalue weighted by Gasteiger charge is -2.18. The van der Waals surface area contributed by atoms with Gasteiger partial charge in [-0.05, 0) is 12.1 Å². The number of para-hydroxylation sites is 1. The van der Waals surface area contributed by atoms with E-state index in [0.29, 0.717) is 18.7 Å². The molecule has 1 aliphatic heterocycles. The van der Waals surface area contributed by atoms with Gasteiger partial charge in [-0.3, -0.25) is 4.79 Å². The molecule has 0 bridgehead atoms. The van der Waals surface area contributed by atoms with E-state index in [0.717, 1.165) is 6.26 Å². The molecule has 1 aromatic rings. The highest BCUT2D eigenvalue weighted by molar-refractivity contribution is 7.90. The van der Waals surface area contributed by atoms with Crippen molar-refractivity contribution in [1.82, 2.24) is 0 Å². The predicted molar refractivity (Wildman–Crippen MR) is 69.3 cm³/mol. The standard InChI is InChI=1S/C11H13NO3S2/c1-17(14,15)10-5-3-2-4-9(10)12-7-8(16)6-11(12)13/h2-5,8,16H,6-7H2,1H3. The Morgan fingerprint density at radius 1 is 1.35 bits per heavy atom. The summed E-state index contributed by atoms with van der Waals surface area (Å²) in [6.45, 7) is 0.453. The summed E-state index contributed by atoms with van der Waals surface area (Å²) in [5, 5.41) is -0.0323. The number of rotatable bonds is 2. The van der Waals surface area contributed by atoms with Crippen molar-refractivity contribution in [3.63, 3.8) is 0 Å². The van der Waals surface area contributed by atoms with Crippen molar-refractivity contribution in [1.29, 1.82) is 0 Å². The van der Waals surface area contributed by atoms with Gasteiger partial charge in [0, 0.05) is 24.5 Å². The van der Waals surface area contributed by atoms with E-state index >= 15 is 0 Å². The molecule has 4 nitrogen and oxygen atoms in total. The van der Waals surface area contributed by atoms with Gasteiger partial charge in [0.15, 0.2) is 9.84 Å². The Hall–Kier alpha value is -1.01. The van der Waals surface area contributed by atoms with Crippen LogP contribution in [-0.2, 0) is 14.6 Å². The van der Waals surface area contributed by atoms with Gasteiger partial charge in [0.05, 0.1) is 10.6 Å². The SMILES string of the molecule is CS(=O)(=O)c1ccccc1N1CC(S)CC1=O. The Labute approximate surface area is 106 Å². The summed E-state index contributed by atoms with van der Waals surface area (Å²) >= 11 is 4.26. The minimum Gasteiger partial charge on any atom is -0.310 e. The van der Waals surface area contributed by atoms with E-state index in [4.69, 9.17) is 0 Å². The third-order valence-corrected chi connectivity index (χ3v) is 4.15. The molecule has 0 aromatic heterocycles. The number of carbonyl (C=O) groups excluding carboxylic acids is 1. The van der Waals surface area contributed by atoms with Crippen LogP contribution in [0.1, 0.15) is 6.42 Å². The lowest BCUT2D eigenvalue weighted by Crippen LogP contribution is -2.26. The number of nitrogens with zero attached hydrogens (tertiary/aromatic N) is 1. The molecular weight excluding hydrogens is 258 g/mol. The smallest absolute Gasteiger partial charge is 0.228 e. The van der Waals surface area contributed by atoms with Crippen molar-refractivity contribution < 1.29 is 13.2 Å². The molecule has 1 amide bonds. The molecule has 1 atom stereocenters. The van der Waals surface area contributed by atoms with E-state index in [1.807, 2.05) is 0 Å². The number of thiol groups is 1. The summed E-state index contributed by atoms with van der Waals surface area (Å²) in [5.74, 6) is -0.0823. The number of amides is 1. The summed E-state index contributed by atoms with van der Waals surface area (Å²) in [6, 6.07) is 6.55. The van der Waals surface area contributed by atoms with E-state index in [1.54, 1.807) is 18.2 Å². The van der Waals surface area contributed by atoms with Crippen molar-refractivity contribution in [3.05, 3.63) is 24.3 Å². The van der Waals surface area contributed by atoms with Gasteiger partial charge in [-0.25, -0.2) is 8.42 Å². The second-order valence-electron chi connectivity index (χ2n) is 4.10. The second-order valence-corrected chi connectivity index (χ2v) is 6.82. The maximum atomic E-state index is 11.7. The molecule has 0 radical (unpaired) electrons. The average Bonchev–Trinajstić information content (AvgIpc) is 2.56. The quantitative estimate of drug-likeness (QED) is 0.820. The summed E-state index contributed by atoms with van der Waals surface area (Å²) < 4.78 is 23.3. The summed E-state index contributed by atoms with van der Waals surface area (Å²) in [6.07, 6.45) is 1.49. The van der Waals surface area contributed by atoms with Gasteiger partial charge >= 0.3 is 0 Å². The topological polar surface area (TPSA) is 54.5 Å². The molecular formula is C11H13NO3S2. The first-order valence-corrected chi connectivity index (χ1v) is 7.58. The largest absolute Gasteiger partial charge is 0.310 e. The fourth-order valence-electron chi connectivity index (χ4n) is 1.92. The van der Waals surface area contributed by atoms with Crippen LogP contribution in [0.25, 0.3) is 0 Å². The maximum absolute atomic E-state index is 11.7. The van der Waals surface area contributed by atoms with E-state index < -0.39 is 9.84 Å². The van der Waals surface area contributed by atoms with Crippen LogP contribution in [0.15, 0.2) is 29.2 Å². The van der Waals surface area contributed by atoms with Crippen LogP contribution in [0.2, 0.25) is 0 Å². The molecule has 1 unspecified atom stereocenters. The van der Waals surface area contributed by atoms with Gasteiger partial charge in [0.2, 0.25) is 5.91 Å². The van der Waals surface area contributed by atoms with Crippen molar-refractivity contribution in [3.8, 4) is 0 Å². The molecule has 1 fully saturated rings. The Kier molecular flexibility index (Phi) is 3.18. The number of benzene rings is 1. The highest BCUT2D eigenvalue weighted by Crippen LogP contribution is 2.29. The fourth-order valence-corrected chi connectivity index (χ4v) is 3.12.